The topological polar surface area (TPSA) is 55.2 Å². The molecule has 156 valence electrons. The van der Waals surface area contributed by atoms with E-state index in [1.54, 1.807) is 10.6 Å². The Morgan fingerprint density at radius 3 is 2.77 bits per heavy atom. The fourth-order valence-corrected chi connectivity index (χ4v) is 5.44. The number of para-hydroxylation sites is 1. The zero-order chi connectivity index (χ0) is 21.5. The van der Waals surface area contributed by atoms with E-state index >= 15 is 0 Å². The van der Waals surface area contributed by atoms with Crippen LogP contribution in [-0.2, 0) is 13.0 Å². The molecular formula is C24H20ClN3O2S. The van der Waals surface area contributed by atoms with Crippen molar-refractivity contribution in [1.82, 2.24) is 9.55 Å². The molecule has 2 aromatic carbocycles. The van der Waals surface area contributed by atoms with Crippen LogP contribution < -0.4 is 10.5 Å². The molecule has 3 heterocycles. The maximum Gasteiger partial charge on any atom is 0.268 e. The van der Waals surface area contributed by atoms with Crippen molar-refractivity contribution in [3.8, 4) is 0 Å². The van der Waals surface area contributed by atoms with Crippen LogP contribution in [0.15, 0.2) is 59.7 Å². The molecule has 0 radical (unpaired) electrons. The Labute approximate surface area is 188 Å². The third kappa shape index (κ3) is 3.46. The highest BCUT2D eigenvalue weighted by atomic mass is 35.5. The van der Waals surface area contributed by atoms with Crippen molar-refractivity contribution in [2.24, 2.45) is 0 Å². The van der Waals surface area contributed by atoms with Gasteiger partial charge < -0.3 is 4.90 Å². The minimum Gasteiger partial charge on any atom is -0.307 e. The molecule has 1 amide bonds. The van der Waals surface area contributed by atoms with Crippen molar-refractivity contribution in [2.45, 2.75) is 26.3 Å². The first-order valence-corrected chi connectivity index (χ1v) is 11.4. The largest absolute Gasteiger partial charge is 0.307 e. The van der Waals surface area contributed by atoms with Crippen molar-refractivity contribution < 1.29 is 4.79 Å². The van der Waals surface area contributed by atoms with Gasteiger partial charge in [-0.2, -0.15) is 0 Å². The number of carbonyl (C=O) groups is 1. The number of amides is 1. The molecule has 5 nitrogen and oxygen atoms in total. The second-order valence-electron chi connectivity index (χ2n) is 7.69. The molecule has 0 saturated heterocycles. The number of rotatable bonds is 3. The van der Waals surface area contributed by atoms with Crippen LogP contribution in [0.1, 0.15) is 32.8 Å². The Kier molecular flexibility index (Phi) is 5.12. The van der Waals surface area contributed by atoms with Crippen LogP contribution in [0.2, 0.25) is 5.02 Å². The fourth-order valence-electron chi connectivity index (χ4n) is 4.15. The molecule has 0 aliphatic carbocycles. The average molecular weight is 450 g/mol. The summed E-state index contributed by atoms with van der Waals surface area (Å²) >= 11 is 7.56. The number of benzene rings is 2. The minimum atomic E-state index is -0.156. The summed E-state index contributed by atoms with van der Waals surface area (Å²) in [6.07, 6.45) is 3.43. The number of carbonyl (C=O) groups excluding carboxylic acids is 1. The summed E-state index contributed by atoms with van der Waals surface area (Å²) in [5, 5.41) is 1.12. The highest BCUT2D eigenvalue weighted by Gasteiger charge is 2.27. The van der Waals surface area contributed by atoms with E-state index < -0.39 is 0 Å². The van der Waals surface area contributed by atoms with Gasteiger partial charge in [0.05, 0.1) is 23.1 Å². The van der Waals surface area contributed by atoms with Gasteiger partial charge in [0.1, 0.15) is 4.83 Å². The highest BCUT2D eigenvalue weighted by Crippen LogP contribution is 2.33. The van der Waals surface area contributed by atoms with E-state index in [4.69, 9.17) is 11.6 Å². The minimum absolute atomic E-state index is 0.0651. The Hall–Kier alpha value is -2.96. The Bertz CT molecular complexity index is 1380. The van der Waals surface area contributed by atoms with E-state index in [9.17, 15) is 9.59 Å². The Morgan fingerprint density at radius 1 is 1.16 bits per heavy atom. The van der Waals surface area contributed by atoms with E-state index in [1.807, 2.05) is 48.2 Å². The molecule has 7 heteroatoms. The number of hydrogen-bond donors (Lipinski definition) is 0. The van der Waals surface area contributed by atoms with Crippen LogP contribution in [0.3, 0.4) is 0 Å². The SMILES string of the molecule is Cc1c(C(=O)N2CCCc3ccccc32)sc2ncn(Cc3ccccc3Cl)c(=O)c12. The lowest BCUT2D eigenvalue weighted by Crippen LogP contribution is -2.35. The summed E-state index contributed by atoms with van der Waals surface area (Å²) < 4.78 is 1.55. The lowest BCUT2D eigenvalue weighted by molar-refractivity contribution is 0.0988. The van der Waals surface area contributed by atoms with Gasteiger partial charge in [0.15, 0.2) is 0 Å². The summed E-state index contributed by atoms with van der Waals surface area (Å²) in [5.74, 6) is -0.0651. The summed E-state index contributed by atoms with van der Waals surface area (Å²) in [6.45, 7) is 2.85. The highest BCUT2D eigenvalue weighted by molar-refractivity contribution is 7.20. The summed E-state index contributed by atoms with van der Waals surface area (Å²) in [4.78, 5) is 34.2. The first-order chi connectivity index (χ1) is 15.0. The smallest absolute Gasteiger partial charge is 0.268 e. The molecule has 0 bridgehead atoms. The van der Waals surface area contributed by atoms with Crippen LogP contribution in [-0.4, -0.2) is 22.0 Å². The monoisotopic (exact) mass is 449 g/mol. The predicted molar refractivity (Wildman–Crippen MR) is 126 cm³/mol. The summed E-state index contributed by atoms with van der Waals surface area (Å²) in [6, 6.07) is 15.5. The van der Waals surface area contributed by atoms with Gasteiger partial charge >= 0.3 is 0 Å². The number of hydrogen-bond acceptors (Lipinski definition) is 4. The molecule has 1 aliphatic heterocycles. The van der Waals surface area contributed by atoms with E-state index in [1.165, 1.54) is 23.2 Å². The number of aryl methyl sites for hydroxylation is 2. The fraction of sp³-hybridized carbons (Fsp3) is 0.208. The molecule has 0 spiro atoms. The van der Waals surface area contributed by atoms with Crippen molar-refractivity contribution in [3.63, 3.8) is 0 Å². The number of aromatic nitrogens is 2. The summed E-state index contributed by atoms with van der Waals surface area (Å²) in [5.41, 5.74) is 3.53. The van der Waals surface area contributed by atoms with E-state index in [2.05, 4.69) is 11.1 Å². The third-order valence-electron chi connectivity index (χ3n) is 5.77. The molecular weight excluding hydrogens is 430 g/mol. The summed E-state index contributed by atoms with van der Waals surface area (Å²) in [7, 11) is 0. The quantitative estimate of drug-likeness (QED) is 0.439. The van der Waals surface area contributed by atoms with Crippen LogP contribution in [0.5, 0.6) is 0 Å². The van der Waals surface area contributed by atoms with Crippen molar-refractivity contribution in [2.75, 3.05) is 11.4 Å². The number of thiophene rings is 1. The lowest BCUT2D eigenvalue weighted by Gasteiger charge is -2.29. The molecule has 0 N–H and O–H groups in total. The number of anilines is 1. The van der Waals surface area contributed by atoms with Gasteiger partial charge in [0.2, 0.25) is 0 Å². The van der Waals surface area contributed by atoms with Crippen molar-refractivity contribution >= 4 is 44.7 Å². The van der Waals surface area contributed by atoms with Gasteiger partial charge in [-0.15, -0.1) is 11.3 Å². The molecule has 1 aliphatic rings. The molecule has 0 saturated carbocycles. The molecule has 0 fully saturated rings. The lowest BCUT2D eigenvalue weighted by atomic mass is 10.0. The van der Waals surface area contributed by atoms with Crippen LogP contribution in [0, 0.1) is 6.92 Å². The Morgan fingerprint density at radius 2 is 1.94 bits per heavy atom. The Balaban J connectivity index is 1.55. The number of nitrogens with zero attached hydrogens (tertiary/aromatic N) is 3. The third-order valence-corrected chi connectivity index (χ3v) is 7.32. The molecule has 2 aromatic heterocycles. The van der Waals surface area contributed by atoms with Crippen molar-refractivity contribution in [1.29, 1.82) is 0 Å². The van der Waals surface area contributed by atoms with E-state index in [-0.39, 0.29) is 11.5 Å². The van der Waals surface area contributed by atoms with Gasteiger partial charge in [0, 0.05) is 17.3 Å². The number of fused-ring (bicyclic) bond motifs is 2. The molecule has 0 atom stereocenters. The number of halogens is 1. The van der Waals surface area contributed by atoms with E-state index in [0.29, 0.717) is 38.8 Å². The molecule has 4 aromatic rings. The van der Waals surface area contributed by atoms with Crippen LogP contribution in [0.25, 0.3) is 10.2 Å². The van der Waals surface area contributed by atoms with Gasteiger partial charge in [-0.3, -0.25) is 14.2 Å². The molecule has 0 unspecified atom stereocenters. The first kappa shape index (κ1) is 20.0. The van der Waals surface area contributed by atoms with Crippen molar-refractivity contribution in [3.05, 3.63) is 91.8 Å². The van der Waals surface area contributed by atoms with Gasteiger partial charge in [-0.05, 0) is 48.6 Å². The van der Waals surface area contributed by atoms with Gasteiger partial charge in [-0.1, -0.05) is 48.0 Å². The normalized spacial score (nSPS) is 13.4. The maximum atomic E-state index is 13.5. The average Bonchev–Trinajstić information content (AvgIpc) is 3.13. The maximum absolute atomic E-state index is 13.5. The standard InChI is InChI=1S/C24H20ClN3O2S/c1-15-20-22(26-14-27(23(20)29)13-17-8-2-4-10-18(17)25)31-21(15)24(30)28-12-6-9-16-7-3-5-11-19(16)28/h2-5,7-8,10-11,14H,6,9,12-13H2,1H3. The predicted octanol–water partition coefficient (Wildman–Crippen LogP) is 5.06. The van der Waals surface area contributed by atoms with Crippen LogP contribution in [0.4, 0.5) is 5.69 Å². The van der Waals surface area contributed by atoms with Crippen LogP contribution >= 0.6 is 22.9 Å². The molecule has 31 heavy (non-hydrogen) atoms. The van der Waals surface area contributed by atoms with E-state index in [0.717, 1.165) is 24.1 Å². The molecule has 5 rings (SSSR count). The first-order valence-electron chi connectivity index (χ1n) is 10.2. The zero-order valence-corrected chi connectivity index (χ0v) is 18.5. The van der Waals surface area contributed by atoms with Gasteiger partial charge in [-0.25, -0.2) is 4.98 Å². The second-order valence-corrected chi connectivity index (χ2v) is 9.10. The second kappa shape index (κ2) is 7.94. The zero-order valence-electron chi connectivity index (χ0n) is 17.0. The van der Waals surface area contributed by atoms with Gasteiger partial charge in [0.25, 0.3) is 11.5 Å².